The Morgan fingerprint density at radius 3 is 2.40 bits per heavy atom. The van der Waals surface area contributed by atoms with E-state index < -0.39 is 5.60 Å². The van der Waals surface area contributed by atoms with Crippen molar-refractivity contribution in [1.82, 2.24) is 14.8 Å². The van der Waals surface area contributed by atoms with E-state index in [4.69, 9.17) is 9.47 Å². The average molecular weight is 412 g/mol. The molecule has 0 radical (unpaired) electrons. The molecule has 1 fully saturated rings. The third kappa shape index (κ3) is 6.46. The lowest BCUT2D eigenvalue weighted by molar-refractivity contribution is 0.0142. The van der Waals surface area contributed by atoms with Gasteiger partial charge in [0.05, 0.1) is 6.61 Å². The first-order chi connectivity index (χ1) is 14.3. The number of aryl methyl sites for hydroxylation is 1. The molecule has 0 unspecified atom stereocenters. The number of carbonyl (C=O) groups excluding carboxylic acids is 1. The van der Waals surface area contributed by atoms with Gasteiger partial charge in [-0.2, -0.15) is 0 Å². The molecule has 162 valence electrons. The first kappa shape index (κ1) is 22.1. The molecule has 3 rings (SSSR count). The minimum atomic E-state index is -0.444. The van der Waals surface area contributed by atoms with Crippen molar-refractivity contribution in [3.05, 3.63) is 48.3 Å². The zero-order chi connectivity index (χ0) is 21.6. The summed E-state index contributed by atoms with van der Waals surface area (Å²) in [6.45, 7) is 12.6. The molecular formula is C24H33N3O3. The summed E-state index contributed by atoms with van der Waals surface area (Å²) >= 11 is 0. The lowest BCUT2D eigenvalue weighted by Crippen LogP contribution is -2.50. The maximum atomic E-state index is 12.1. The van der Waals surface area contributed by atoms with Crippen molar-refractivity contribution in [3.63, 3.8) is 0 Å². The molecule has 1 saturated heterocycles. The molecule has 1 amide bonds. The van der Waals surface area contributed by atoms with Gasteiger partial charge in [-0.3, -0.25) is 9.88 Å². The third-order valence-electron chi connectivity index (χ3n) is 5.12. The normalized spacial score (nSPS) is 15.1. The van der Waals surface area contributed by atoms with Gasteiger partial charge >= 0.3 is 6.09 Å². The molecule has 0 atom stereocenters. The number of benzene rings is 1. The molecule has 0 N–H and O–H groups in total. The van der Waals surface area contributed by atoms with Crippen LogP contribution in [0.25, 0.3) is 11.1 Å². The number of nitrogens with zero attached hydrogens (tertiary/aromatic N) is 3. The molecule has 2 aromatic rings. The second-order valence-corrected chi connectivity index (χ2v) is 8.73. The van der Waals surface area contributed by atoms with Crippen LogP contribution in [0.5, 0.6) is 5.75 Å². The molecule has 6 heteroatoms. The van der Waals surface area contributed by atoms with Gasteiger partial charge in [0.2, 0.25) is 0 Å². The number of hydrogen-bond acceptors (Lipinski definition) is 5. The van der Waals surface area contributed by atoms with Crippen LogP contribution in [-0.2, 0) is 4.74 Å². The molecule has 1 aromatic carbocycles. The second-order valence-electron chi connectivity index (χ2n) is 8.73. The average Bonchev–Trinajstić information content (AvgIpc) is 2.71. The zero-order valence-corrected chi connectivity index (χ0v) is 18.6. The summed E-state index contributed by atoms with van der Waals surface area (Å²) < 4.78 is 11.4. The number of ether oxygens (including phenoxy) is 2. The molecule has 1 aromatic heterocycles. The molecule has 0 bridgehead atoms. The highest BCUT2D eigenvalue weighted by Crippen LogP contribution is 2.24. The number of aromatic nitrogens is 1. The Labute approximate surface area is 179 Å². The van der Waals surface area contributed by atoms with Gasteiger partial charge in [0, 0.05) is 50.7 Å². The Morgan fingerprint density at radius 1 is 1.07 bits per heavy atom. The van der Waals surface area contributed by atoms with Crippen molar-refractivity contribution in [2.45, 2.75) is 39.7 Å². The van der Waals surface area contributed by atoms with E-state index in [1.165, 1.54) is 5.56 Å². The predicted molar refractivity (Wildman–Crippen MR) is 119 cm³/mol. The molecule has 2 heterocycles. The molecular weight excluding hydrogens is 378 g/mol. The van der Waals surface area contributed by atoms with E-state index in [0.29, 0.717) is 19.7 Å². The minimum absolute atomic E-state index is 0.213. The Kier molecular flexibility index (Phi) is 7.32. The molecule has 0 saturated carbocycles. The van der Waals surface area contributed by atoms with E-state index in [2.05, 4.69) is 28.9 Å². The number of rotatable bonds is 6. The van der Waals surface area contributed by atoms with Crippen LogP contribution < -0.4 is 4.74 Å². The van der Waals surface area contributed by atoms with Crippen LogP contribution in [-0.4, -0.2) is 65.8 Å². The van der Waals surface area contributed by atoms with Gasteiger partial charge in [-0.15, -0.1) is 0 Å². The Morgan fingerprint density at radius 2 is 1.77 bits per heavy atom. The summed E-state index contributed by atoms with van der Waals surface area (Å²) in [6.07, 6.45) is 4.45. The van der Waals surface area contributed by atoms with Gasteiger partial charge < -0.3 is 14.4 Å². The van der Waals surface area contributed by atoms with Crippen molar-refractivity contribution >= 4 is 6.09 Å². The summed E-state index contributed by atoms with van der Waals surface area (Å²) in [5.41, 5.74) is 3.07. The van der Waals surface area contributed by atoms with Crippen molar-refractivity contribution < 1.29 is 14.3 Å². The Hall–Kier alpha value is -2.60. The maximum absolute atomic E-state index is 12.1. The van der Waals surface area contributed by atoms with E-state index in [9.17, 15) is 4.79 Å². The third-order valence-corrected chi connectivity index (χ3v) is 5.12. The van der Waals surface area contributed by atoms with Crippen LogP contribution in [0.15, 0.2) is 42.7 Å². The van der Waals surface area contributed by atoms with Gasteiger partial charge in [-0.1, -0.05) is 12.1 Å². The first-order valence-corrected chi connectivity index (χ1v) is 10.7. The smallest absolute Gasteiger partial charge is 0.410 e. The fourth-order valence-electron chi connectivity index (χ4n) is 3.46. The van der Waals surface area contributed by atoms with Crippen molar-refractivity contribution in [3.8, 4) is 16.9 Å². The summed E-state index contributed by atoms with van der Waals surface area (Å²) in [6, 6.07) is 10.2. The number of hydrogen-bond donors (Lipinski definition) is 0. The fourth-order valence-corrected chi connectivity index (χ4v) is 3.46. The minimum Gasteiger partial charge on any atom is -0.494 e. The van der Waals surface area contributed by atoms with Gasteiger partial charge in [0.15, 0.2) is 0 Å². The summed E-state index contributed by atoms with van der Waals surface area (Å²) in [5, 5.41) is 0. The largest absolute Gasteiger partial charge is 0.494 e. The van der Waals surface area contributed by atoms with Crippen LogP contribution in [0.3, 0.4) is 0 Å². The summed E-state index contributed by atoms with van der Waals surface area (Å²) in [5.74, 6) is 0.884. The lowest BCUT2D eigenvalue weighted by Gasteiger charge is -2.35. The molecule has 6 nitrogen and oxygen atoms in total. The molecule has 1 aliphatic rings. The highest BCUT2D eigenvalue weighted by Gasteiger charge is 2.25. The molecule has 1 aliphatic heterocycles. The Balaban J connectivity index is 1.36. The fraction of sp³-hybridized carbons (Fsp3) is 0.500. The van der Waals surface area contributed by atoms with E-state index >= 15 is 0 Å². The molecule has 0 spiro atoms. The monoisotopic (exact) mass is 411 g/mol. The van der Waals surface area contributed by atoms with E-state index in [1.54, 1.807) is 4.90 Å². The quantitative estimate of drug-likeness (QED) is 0.661. The van der Waals surface area contributed by atoms with Crippen LogP contribution in [0.1, 0.15) is 32.8 Å². The van der Waals surface area contributed by atoms with Gasteiger partial charge in [0.25, 0.3) is 0 Å². The number of pyridine rings is 1. The van der Waals surface area contributed by atoms with Crippen molar-refractivity contribution in [2.75, 3.05) is 39.3 Å². The SMILES string of the molecule is Cc1ccncc1-c1ccc(OCCCN2CCN(C(=O)OC(C)(C)C)CC2)cc1. The number of amides is 1. The molecule has 30 heavy (non-hydrogen) atoms. The Bertz CT molecular complexity index is 822. The van der Waals surface area contributed by atoms with Crippen LogP contribution in [0.2, 0.25) is 0 Å². The van der Waals surface area contributed by atoms with Crippen molar-refractivity contribution in [1.29, 1.82) is 0 Å². The predicted octanol–water partition coefficient (Wildman–Crippen LogP) is 4.38. The number of piperazine rings is 1. The number of carbonyl (C=O) groups is 1. The second kappa shape index (κ2) is 9.94. The highest BCUT2D eigenvalue weighted by molar-refractivity contribution is 5.68. The van der Waals surface area contributed by atoms with Crippen LogP contribution in [0.4, 0.5) is 4.79 Å². The van der Waals surface area contributed by atoms with Crippen molar-refractivity contribution in [2.24, 2.45) is 0 Å². The van der Waals surface area contributed by atoms with Gasteiger partial charge in [0.1, 0.15) is 11.4 Å². The maximum Gasteiger partial charge on any atom is 0.410 e. The zero-order valence-electron chi connectivity index (χ0n) is 18.6. The summed E-state index contributed by atoms with van der Waals surface area (Å²) in [7, 11) is 0. The molecule has 0 aliphatic carbocycles. The van der Waals surface area contributed by atoms with E-state index in [1.807, 2.05) is 51.4 Å². The first-order valence-electron chi connectivity index (χ1n) is 10.7. The summed E-state index contributed by atoms with van der Waals surface area (Å²) in [4.78, 5) is 20.5. The van der Waals surface area contributed by atoms with Crippen LogP contribution in [0, 0.1) is 6.92 Å². The topological polar surface area (TPSA) is 54.9 Å². The standard InChI is InChI=1S/C24H33N3O3/c1-19-10-11-25-18-22(19)20-6-8-21(9-7-20)29-17-5-12-26-13-15-27(16-14-26)23(28)30-24(2,3)4/h6-11,18H,5,12-17H2,1-4H3. The van der Waals surface area contributed by atoms with Gasteiger partial charge in [-0.25, -0.2) is 4.79 Å². The van der Waals surface area contributed by atoms with Crippen LogP contribution >= 0.6 is 0 Å². The van der Waals surface area contributed by atoms with E-state index in [-0.39, 0.29) is 6.09 Å². The van der Waals surface area contributed by atoms with Gasteiger partial charge in [-0.05, 0) is 63.4 Å². The highest BCUT2D eigenvalue weighted by atomic mass is 16.6. The lowest BCUT2D eigenvalue weighted by atomic mass is 10.0. The van der Waals surface area contributed by atoms with E-state index in [0.717, 1.165) is 42.9 Å².